The number of benzene rings is 1. The molecule has 1 aromatic carbocycles. The molecule has 3 nitrogen and oxygen atoms in total. The summed E-state index contributed by atoms with van der Waals surface area (Å²) in [7, 11) is 0. The Bertz CT molecular complexity index is 502. The van der Waals surface area contributed by atoms with Gasteiger partial charge in [0.15, 0.2) is 0 Å². The lowest BCUT2D eigenvalue weighted by Gasteiger charge is -1.94. The van der Waals surface area contributed by atoms with Crippen molar-refractivity contribution in [3.63, 3.8) is 0 Å². The summed E-state index contributed by atoms with van der Waals surface area (Å²) in [4.78, 5) is 14.9. The maximum absolute atomic E-state index is 12.7. The van der Waals surface area contributed by atoms with E-state index in [4.69, 9.17) is 4.42 Å². The highest BCUT2D eigenvalue weighted by Crippen LogP contribution is 2.19. The number of aromatic nitrogens is 1. The molecule has 0 aliphatic carbocycles. The molecule has 0 bridgehead atoms. The first-order chi connectivity index (χ1) is 7.65. The van der Waals surface area contributed by atoms with Gasteiger partial charge in [-0.25, -0.2) is 9.37 Å². The van der Waals surface area contributed by atoms with Gasteiger partial charge in [-0.05, 0) is 31.2 Å². The summed E-state index contributed by atoms with van der Waals surface area (Å²) in [6.07, 6.45) is 1.74. The molecule has 1 aromatic heterocycles. The van der Waals surface area contributed by atoms with E-state index < -0.39 is 0 Å². The van der Waals surface area contributed by atoms with Crippen molar-refractivity contribution in [1.82, 2.24) is 4.98 Å². The molecule has 16 heavy (non-hydrogen) atoms. The van der Waals surface area contributed by atoms with Gasteiger partial charge >= 0.3 is 0 Å². The van der Waals surface area contributed by atoms with Crippen molar-refractivity contribution in [2.45, 2.75) is 13.3 Å². The van der Waals surface area contributed by atoms with E-state index in [0.717, 1.165) is 0 Å². The number of halogens is 1. The Morgan fingerprint density at radius 3 is 2.69 bits per heavy atom. The molecule has 0 radical (unpaired) electrons. The smallest absolute Gasteiger partial charge is 0.226 e. The van der Waals surface area contributed by atoms with Crippen molar-refractivity contribution in [2.75, 3.05) is 0 Å². The Balaban J connectivity index is 2.24. The maximum Gasteiger partial charge on any atom is 0.226 e. The van der Waals surface area contributed by atoms with E-state index in [0.29, 0.717) is 17.2 Å². The zero-order valence-electron chi connectivity index (χ0n) is 8.74. The van der Waals surface area contributed by atoms with E-state index in [1.807, 2.05) is 0 Å². The van der Waals surface area contributed by atoms with Crippen LogP contribution in [0, 0.1) is 5.82 Å². The fourth-order valence-corrected chi connectivity index (χ4v) is 1.36. The second-order valence-electron chi connectivity index (χ2n) is 3.52. The van der Waals surface area contributed by atoms with Crippen molar-refractivity contribution in [3.05, 3.63) is 42.0 Å². The van der Waals surface area contributed by atoms with Crippen LogP contribution in [0.3, 0.4) is 0 Å². The third kappa shape index (κ3) is 2.34. The largest absolute Gasteiger partial charge is 0.441 e. The molecular formula is C12H10FNO2. The molecule has 0 N–H and O–H groups in total. The molecule has 2 aromatic rings. The minimum atomic E-state index is -0.306. The number of rotatable bonds is 3. The Hall–Kier alpha value is -1.97. The molecule has 0 saturated heterocycles. The summed E-state index contributed by atoms with van der Waals surface area (Å²) < 4.78 is 18.0. The number of carbonyl (C=O) groups is 1. The summed E-state index contributed by atoms with van der Waals surface area (Å²) >= 11 is 0. The van der Waals surface area contributed by atoms with E-state index in [-0.39, 0.29) is 18.0 Å². The number of nitrogens with zero attached hydrogens (tertiary/aromatic N) is 1. The molecule has 0 atom stereocenters. The Labute approximate surface area is 91.9 Å². The van der Waals surface area contributed by atoms with Crippen LogP contribution in [0.5, 0.6) is 0 Å². The normalized spacial score (nSPS) is 10.4. The average molecular weight is 219 g/mol. The quantitative estimate of drug-likeness (QED) is 0.796. The van der Waals surface area contributed by atoms with Crippen LogP contribution in [0.2, 0.25) is 0 Å². The van der Waals surface area contributed by atoms with Crippen LogP contribution in [0.25, 0.3) is 11.5 Å². The lowest BCUT2D eigenvalue weighted by molar-refractivity contribution is -0.116. The number of carbonyl (C=O) groups excluding carboxylic acids is 1. The van der Waals surface area contributed by atoms with E-state index in [2.05, 4.69) is 4.98 Å². The van der Waals surface area contributed by atoms with Gasteiger partial charge in [-0.1, -0.05) is 0 Å². The Morgan fingerprint density at radius 2 is 2.06 bits per heavy atom. The molecule has 0 unspecified atom stereocenters. The molecule has 0 aliphatic heterocycles. The second kappa shape index (κ2) is 4.26. The van der Waals surface area contributed by atoms with Crippen LogP contribution >= 0.6 is 0 Å². The van der Waals surface area contributed by atoms with Gasteiger partial charge in [-0.2, -0.15) is 0 Å². The summed E-state index contributed by atoms with van der Waals surface area (Å²) in [6, 6.07) is 5.84. The Morgan fingerprint density at radius 1 is 1.38 bits per heavy atom. The lowest BCUT2D eigenvalue weighted by atomic mass is 10.2. The van der Waals surface area contributed by atoms with Crippen LogP contribution in [-0.2, 0) is 11.2 Å². The molecule has 1 heterocycles. The SMILES string of the molecule is CC(=O)Cc1cnc(-c2ccc(F)cc2)o1. The van der Waals surface area contributed by atoms with Crippen LogP contribution in [0.15, 0.2) is 34.9 Å². The van der Waals surface area contributed by atoms with Crippen LogP contribution < -0.4 is 0 Å². The summed E-state index contributed by atoms with van der Waals surface area (Å²) in [5, 5.41) is 0. The molecular weight excluding hydrogens is 209 g/mol. The molecule has 0 aliphatic rings. The van der Waals surface area contributed by atoms with Crippen LogP contribution in [-0.4, -0.2) is 10.8 Å². The lowest BCUT2D eigenvalue weighted by Crippen LogP contribution is -1.93. The van der Waals surface area contributed by atoms with Gasteiger partial charge in [-0.3, -0.25) is 4.79 Å². The number of Topliss-reactive ketones (excluding diaryl/α,β-unsaturated/α-hetero) is 1. The molecule has 4 heteroatoms. The zero-order valence-corrected chi connectivity index (χ0v) is 8.74. The zero-order chi connectivity index (χ0) is 11.5. The fourth-order valence-electron chi connectivity index (χ4n) is 1.36. The maximum atomic E-state index is 12.7. The topological polar surface area (TPSA) is 43.1 Å². The molecule has 2 rings (SSSR count). The van der Waals surface area contributed by atoms with E-state index in [1.165, 1.54) is 25.3 Å². The third-order valence-electron chi connectivity index (χ3n) is 2.07. The molecule has 0 spiro atoms. The fraction of sp³-hybridized carbons (Fsp3) is 0.167. The molecule has 0 fully saturated rings. The summed E-state index contributed by atoms with van der Waals surface area (Å²) in [5.74, 6) is 0.629. The van der Waals surface area contributed by atoms with E-state index in [9.17, 15) is 9.18 Å². The highest BCUT2D eigenvalue weighted by Gasteiger charge is 2.08. The van der Waals surface area contributed by atoms with E-state index >= 15 is 0 Å². The standard InChI is InChI=1S/C12H10FNO2/c1-8(15)6-11-7-14-12(16-11)9-2-4-10(13)5-3-9/h2-5,7H,6H2,1H3. The Kier molecular flexibility index (Phi) is 2.81. The van der Waals surface area contributed by atoms with Crippen LogP contribution in [0.1, 0.15) is 12.7 Å². The van der Waals surface area contributed by atoms with Gasteiger partial charge in [-0.15, -0.1) is 0 Å². The van der Waals surface area contributed by atoms with Crippen molar-refractivity contribution >= 4 is 5.78 Å². The minimum absolute atomic E-state index is 0.0156. The first kappa shape index (κ1) is 10.5. The monoisotopic (exact) mass is 219 g/mol. The number of ketones is 1. The minimum Gasteiger partial charge on any atom is -0.441 e. The van der Waals surface area contributed by atoms with Gasteiger partial charge in [0.2, 0.25) is 5.89 Å². The first-order valence-corrected chi connectivity index (χ1v) is 4.85. The van der Waals surface area contributed by atoms with Crippen molar-refractivity contribution < 1.29 is 13.6 Å². The number of hydrogen-bond acceptors (Lipinski definition) is 3. The van der Waals surface area contributed by atoms with Crippen molar-refractivity contribution in [2.24, 2.45) is 0 Å². The molecule has 82 valence electrons. The summed E-state index contributed by atoms with van der Waals surface area (Å²) in [5.41, 5.74) is 0.691. The summed E-state index contributed by atoms with van der Waals surface area (Å²) in [6.45, 7) is 1.49. The third-order valence-corrected chi connectivity index (χ3v) is 2.07. The van der Waals surface area contributed by atoms with Crippen molar-refractivity contribution in [3.8, 4) is 11.5 Å². The number of hydrogen-bond donors (Lipinski definition) is 0. The highest BCUT2D eigenvalue weighted by molar-refractivity contribution is 5.77. The molecule has 0 amide bonds. The average Bonchev–Trinajstić information content (AvgIpc) is 2.66. The van der Waals surface area contributed by atoms with Gasteiger partial charge in [0, 0.05) is 5.56 Å². The second-order valence-corrected chi connectivity index (χ2v) is 3.52. The predicted octanol–water partition coefficient (Wildman–Crippen LogP) is 2.61. The first-order valence-electron chi connectivity index (χ1n) is 4.85. The van der Waals surface area contributed by atoms with Crippen LogP contribution in [0.4, 0.5) is 4.39 Å². The van der Waals surface area contributed by atoms with Crippen molar-refractivity contribution in [1.29, 1.82) is 0 Å². The predicted molar refractivity (Wildman–Crippen MR) is 56.3 cm³/mol. The number of oxazole rings is 1. The van der Waals surface area contributed by atoms with E-state index in [1.54, 1.807) is 12.1 Å². The van der Waals surface area contributed by atoms with Gasteiger partial charge in [0.1, 0.15) is 17.4 Å². The molecule has 0 saturated carbocycles. The van der Waals surface area contributed by atoms with Gasteiger partial charge < -0.3 is 4.42 Å². The van der Waals surface area contributed by atoms with Gasteiger partial charge in [0.05, 0.1) is 12.6 Å². The van der Waals surface area contributed by atoms with Gasteiger partial charge in [0.25, 0.3) is 0 Å². The highest BCUT2D eigenvalue weighted by atomic mass is 19.1.